The minimum Gasteiger partial charge on any atom is -0.378 e. The van der Waals surface area contributed by atoms with E-state index in [0.717, 1.165) is 24.6 Å². The third kappa shape index (κ3) is 5.11. The summed E-state index contributed by atoms with van der Waals surface area (Å²) < 4.78 is 32.9. The third-order valence-electron chi connectivity index (χ3n) is 4.38. The number of hydrogen-bond acceptors (Lipinski definition) is 7. The smallest absolute Gasteiger partial charge is 0.240 e. The number of ether oxygens (including phenoxy) is 1. The van der Waals surface area contributed by atoms with E-state index in [9.17, 15) is 8.42 Å². The fraction of sp³-hybridized carbons (Fsp3) is 0.444. The van der Waals surface area contributed by atoms with Crippen molar-refractivity contribution in [2.75, 3.05) is 49.6 Å². The number of aryl methyl sites for hydroxylation is 1. The molecule has 0 bridgehead atoms. The molecule has 28 heavy (non-hydrogen) atoms. The van der Waals surface area contributed by atoms with Crippen LogP contribution in [-0.2, 0) is 14.8 Å². The monoisotopic (exact) mass is 425 g/mol. The second kappa shape index (κ2) is 9.04. The molecule has 2 heterocycles. The third-order valence-corrected chi connectivity index (χ3v) is 6.40. The van der Waals surface area contributed by atoms with E-state index < -0.39 is 10.0 Å². The Morgan fingerprint density at radius 1 is 1.18 bits per heavy atom. The molecule has 1 fully saturated rings. The van der Waals surface area contributed by atoms with Crippen molar-refractivity contribution in [1.29, 1.82) is 0 Å². The number of morpholine rings is 1. The van der Waals surface area contributed by atoms with Crippen molar-refractivity contribution in [3.8, 4) is 0 Å². The number of sulfonamides is 1. The Labute approximate surface area is 170 Å². The number of halogens is 1. The SMILES string of the molecule is Cc1cc(N2CCOCC2)nc(NCCNS(=O)(=O)c2cccc(Cl)c2C)n1. The summed E-state index contributed by atoms with van der Waals surface area (Å²) in [5.74, 6) is 1.31. The summed E-state index contributed by atoms with van der Waals surface area (Å²) in [6, 6.07) is 6.75. The first-order chi connectivity index (χ1) is 13.4. The number of aromatic nitrogens is 2. The van der Waals surface area contributed by atoms with Gasteiger partial charge in [-0.25, -0.2) is 18.1 Å². The van der Waals surface area contributed by atoms with Gasteiger partial charge in [0.1, 0.15) is 5.82 Å². The summed E-state index contributed by atoms with van der Waals surface area (Å²) >= 11 is 6.02. The molecule has 1 saturated heterocycles. The fourth-order valence-electron chi connectivity index (χ4n) is 2.90. The molecule has 1 aliphatic rings. The van der Waals surface area contributed by atoms with Gasteiger partial charge in [0, 0.05) is 43.0 Å². The molecule has 0 radical (unpaired) electrons. The molecule has 1 aromatic heterocycles. The summed E-state index contributed by atoms with van der Waals surface area (Å²) in [5, 5.41) is 3.50. The lowest BCUT2D eigenvalue weighted by Crippen LogP contribution is -2.37. The van der Waals surface area contributed by atoms with E-state index in [1.54, 1.807) is 19.1 Å². The van der Waals surface area contributed by atoms with Crippen LogP contribution in [0.25, 0.3) is 0 Å². The van der Waals surface area contributed by atoms with Crippen molar-refractivity contribution in [3.63, 3.8) is 0 Å². The first-order valence-corrected chi connectivity index (χ1v) is 10.9. The molecule has 0 unspecified atom stereocenters. The summed E-state index contributed by atoms with van der Waals surface area (Å²) in [7, 11) is -3.64. The van der Waals surface area contributed by atoms with Crippen LogP contribution in [-0.4, -0.2) is 57.8 Å². The van der Waals surface area contributed by atoms with Crippen LogP contribution in [0.1, 0.15) is 11.3 Å². The zero-order valence-corrected chi connectivity index (χ0v) is 17.5. The molecule has 0 saturated carbocycles. The first-order valence-electron chi connectivity index (χ1n) is 9.04. The molecule has 1 aliphatic heterocycles. The number of benzene rings is 1. The van der Waals surface area contributed by atoms with E-state index in [1.807, 2.05) is 13.0 Å². The standard InChI is InChI=1S/C18H24ClN5O3S/c1-13-12-17(24-8-10-27-11-9-24)23-18(22-13)20-6-7-21-28(25,26)16-5-3-4-15(19)14(16)2/h3-5,12,21H,6-11H2,1-2H3,(H,20,22,23). The van der Waals surface area contributed by atoms with Gasteiger partial charge >= 0.3 is 0 Å². The number of anilines is 2. The van der Waals surface area contributed by atoms with Crippen LogP contribution in [0.15, 0.2) is 29.2 Å². The molecule has 152 valence electrons. The van der Waals surface area contributed by atoms with Gasteiger partial charge in [0.2, 0.25) is 16.0 Å². The van der Waals surface area contributed by atoms with Crippen molar-refractivity contribution in [2.45, 2.75) is 18.7 Å². The number of rotatable bonds is 7. The maximum Gasteiger partial charge on any atom is 0.240 e. The van der Waals surface area contributed by atoms with Gasteiger partial charge in [-0.1, -0.05) is 17.7 Å². The Bertz CT molecular complexity index is 933. The lowest BCUT2D eigenvalue weighted by atomic mass is 10.2. The van der Waals surface area contributed by atoms with E-state index in [4.69, 9.17) is 16.3 Å². The second-order valence-electron chi connectivity index (χ2n) is 6.48. The second-order valence-corrected chi connectivity index (χ2v) is 8.62. The molecular formula is C18H24ClN5O3S. The Morgan fingerprint density at radius 2 is 1.93 bits per heavy atom. The quantitative estimate of drug-likeness (QED) is 0.654. The van der Waals surface area contributed by atoms with E-state index >= 15 is 0 Å². The normalized spacial score (nSPS) is 14.9. The van der Waals surface area contributed by atoms with E-state index in [1.165, 1.54) is 6.07 Å². The average molecular weight is 426 g/mol. The van der Waals surface area contributed by atoms with Gasteiger partial charge in [0.15, 0.2) is 0 Å². The summed E-state index contributed by atoms with van der Waals surface area (Å²) in [4.78, 5) is 11.2. The topological polar surface area (TPSA) is 96.5 Å². The zero-order valence-electron chi connectivity index (χ0n) is 15.9. The lowest BCUT2D eigenvalue weighted by Gasteiger charge is -2.28. The van der Waals surface area contributed by atoms with E-state index in [-0.39, 0.29) is 11.4 Å². The Kier molecular flexibility index (Phi) is 6.71. The van der Waals surface area contributed by atoms with Crippen LogP contribution in [0.3, 0.4) is 0 Å². The van der Waals surface area contributed by atoms with Gasteiger partial charge in [-0.2, -0.15) is 4.98 Å². The zero-order chi connectivity index (χ0) is 20.1. The van der Waals surface area contributed by atoms with Gasteiger partial charge in [0.25, 0.3) is 0 Å². The van der Waals surface area contributed by atoms with E-state index in [0.29, 0.717) is 36.3 Å². The van der Waals surface area contributed by atoms with E-state index in [2.05, 4.69) is 24.9 Å². The first kappa shape index (κ1) is 20.8. The van der Waals surface area contributed by atoms with Crippen LogP contribution in [0.2, 0.25) is 5.02 Å². The molecule has 0 aliphatic carbocycles. The van der Waals surface area contributed by atoms with Crippen LogP contribution < -0.4 is 14.9 Å². The van der Waals surface area contributed by atoms with Crippen molar-refractivity contribution in [2.24, 2.45) is 0 Å². The predicted molar refractivity (Wildman–Crippen MR) is 110 cm³/mol. The number of nitrogens with one attached hydrogen (secondary N) is 2. The van der Waals surface area contributed by atoms with Crippen LogP contribution in [0.4, 0.5) is 11.8 Å². The van der Waals surface area contributed by atoms with Crippen molar-refractivity contribution < 1.29 is 13.2 Å². The van der Waals surface area contributed by atoms with Crippen LogP contribution in [0.5, 0.6) is 0 Å². The maximum atomic E-state index is 12.5. The number of nitrogens with zero attached hydrogens (tertiary/aromatic N) is 3. The van der Waals surface area contributed by atoms with Gasteiger partial charge < -0.3 is 15.0 Å². The molecule has 10 heteroatoms. The summed E-state index contributed by atoms with van der Waals surface area (Å²) in [6.07, 6.45) is 0. The molecule has 0 amide bonds. The Morgan fingerprint density at radius 3 is 2.68 bits per heavy atom. The fourth-order valence-corrected chi connectivity index (χ4v) is 4.43. The highest BCUT2D eigenvalue weighted by atomic mass is 35.5. The van der Waals surface area contributed by atoms with Gasteiger partial charge in [0.05, 0.1) is 18.1 Å². The largest absolute Gasteiger partial charge is 0.378 e. The highest BCUT2D eigenvalue weighted by Crippen LogP contribution is 2.22. The van der Waals surface area contributed by atoms with Crippen LogP contribution >= 0.6 is 11.6 Å². The Balaban J connectivity index is 1.59. The van der Waals surface area contributed by atoms with Crippen LogP contribution in [0, 0.1) is 13.8 Å². The summed E-state index contributed by atoms with van der Waals surface area (Å²) in [6.45, 7) is 7.06. The molecule has 2 aromatic rings. The lowest BCUT2D eigenvalue weighted by molar-refractivity contribution is 0.122. The molecule has 1 aromatic carbocycles. The Hall–Kier alpha value is -1.94. The minimum atomic E-state index is -3.64. The number of hydrogen-bond donors (Lipinski definition) is 2. The molecule has 8 nitrogen and oxygen atoms in total. The molecule has 0 atom stereocenters. The van der Waals surface area contributed by atoms with Crippen molar-refractivity contribution in [1.82, 2.24) is 14.7 Å². The van der Waals surface area contributed by atoms with Gasteiger partial charge in [-0.05, 0) is 31.5 Å². The van der Waals surface area contributed by atoms with Gasteiger partial charge in [-0.15, -0.1) is 0 Å². The van der Waals surface area contributed by atoms with Gasteiger partial charge in [-0.3, -0.25) is 0 Å². The minimum absolute atomic E-state index is 0.182. The molecule has 3 rings (SSSR count). The van der Waals surface area contributed by atoms with Crippen molar-refractivity contribution in [3.05, 3.63) is 40.5 Å². The highest BCUT2D eigenvalue weighted by Gasteiger charge is 2.18. The predicted octanol–water partition coefficient (Wildman–Crippen LogP) is 1.97. The summed E-state index contributed by atoms with van der Waals surface area (Å²) in [5.41, 5.74) is 1.37. The molecule has 0 spiro atoms. The average Bonchev–Trinajstić information content (AvgIpc) is 2.67. The highest BCUT2D eigenvalue weighted by molar-refractivity contribution is 7.89. The molecular weight excluding hydrogens is 402 g/mol. The molecule has 2 N–H and O–H groups in total. The maximum absolute atomic E-state index is 12.5. The van der Waals surface area contributed by atoms with Crippen molar-refractivity contribution >= 4 is 33.4 Å².